The molecule has 4 bridgehead atoms. The second kappa shape index (κ2) is 12.0. The van der Waals surface area contributed by atoms with Crippen LogP contribution in [-0.4, -0.2) is 63.1 Å². The Morgan fingerprint density at radius 1 is 0.892 bits per heavy atom. The summed E-state index contributed by atoms with van der Waals surface area (Å²) in [7, 11) is 1.65. The van der Waals surface area contributed by atoms with Gasteiger partial charge in [-0.1, -0.05) is 18.2 Å². The van der Waals surface area contributed by atoms with Crippen molar-refractivity contribution in [2.75, 3.05) is 46.4 Å². The molecule has 2 aromatic rings. The number of ether oxygens (including phenoxy) is 2. The standard InChI is InChI=1S/C29H38N4O4/c1-36-22-9-6-20(7-10-22)28-27-23-18-21(8-11-25(23)37-28)24-19-26(34)32-15-5-17-33(29(27)35)16-3-2-12-30-13-4-14-31-24/h6-11,18,24,27-28,30-31H,2-5,12-17,19H2,1H3,(H,32,34). The SMILES string of the molecule is COc1ccc(C2Oc3ccc4cc3C2C(=O)N2CCCCNCCCNC4CC(=O)NCCC2)cc1. The minimum atomic E-state index is -0.445. The van der Waals surface area contributed by atoms with E-state index in [-0.39, 0.29) is 17.9 Å². The van der Waals surface area contributed by atoms with Crippen molar-refractivity contribution in [3.05, 3.63) is 59.2 Å². The molecule has 3 N–H and O–H groups in total. The first-order valence-corrected chi connectivity index (χ1v) is 13.6. The second-order valence-corrected chi connectivity index (χ2v) is 10.1. The van der Waals surface area contributed by atoms with Gasteiger partial charge in [0.25, 0.3) is 0 Å². The third-order valence-corrected chi connectivity index (χ3v) is 7.62. The molecule has 2 amide bonds. The maximum atomic E-state index is 14.3. The van der Waals surface area contributed by atoms with E-state index in [4.69, 9.17) is 9.47 Å². The molecule has 0 saturated heterocycles. The van der Waals surface area contributed by atoms with Gasteiger partial charge in [-0.15, -0.1) is 0 Å². The molecule has 3 unspecified atom stereocenters. The number of hydrogen-bond acceptors (Lipinski definition) is 6. The first-order valence-electron chi connectivity index (χ1n) is 13.6. The smallest absolute Gasteiger partial charge is 0.234 e. The number of hydrogen-bond donors (Lipinski definition) is 3. The Bertz CT molecular complexity index is 1090. The van der Waals surface area contributed by atoms with Crippen molar-refractivity contribution >= 4 is 11.8 Å². The summed E-state index contributed by atoms with van der Waals surface area (Å²) in [6.45, 7) is 4.54. The van der Waals surface area contributed by atoms with Crippen LogP contribution in [0.25, 0.3) is 0 Å². The molecule has 0 spiro atoms. The number of fused-ring (bicyclic) bond motifs is 1. The summed E-state index contributed by atoms with van der Waals surface area (Å²) in [6, 6.07) is 13.8. The molecule has 0 saturated carbocycles. The summed E-state index contributed by atoms with van der Waals surface area (Å²) < 4.78 is 11.8. The molecule has 0 aromatic heterocycles. The lowest BCUT2D eigenvalue weighted by Gasteiger charge is -2.28. The number of nitrogens with one attached hydrogen (secondary N) is 3. The molecule has 198 valence electrons. The first-order chi connectivity index (χ1) is 18.1. The largest absolute Gasteiger partial charge is 0.497 e. The fourth-order valence-corrected chi connectivity index (χ4v) is 5.58. The van der Waals surface area contributed by atoms with Gasteiger partial charge >= 0.3 is 0 Å². The number of carbonyl (C=O) groups is 2. The normalized spacial score (nSPS) is 25.3. The third-order valence-electron chi connectivity index (χ3n) is 7.62. The predicted octanol–water partition coefficient (Wildman–Crippen LogP) is 3.06. The lowest BCUT2D eigenvalue weighted by Crippen LogP contribution is -2.39. The van der Waals surface area contributed by atoms with Crippen LogP contribution in [0, 0.1) is 0 Å². The highest BCUT2D eigenvalue weighted by Crippen LogP contribution is 2.48. The van der Waals surface area contributed by atoms with Crippen LogP contribution in [0.1, 0.15) is 66.9 Å². The zero-order valence-corrected chi connectivity index (χ0v) is 21.6. The van der Waals surface area contributed by atoms with Crippen LogP contribution in [-0.2, 0) is 9.59 Å². The summed E-state index contributed by atoms with van der Waals surface area (Å²) in [5.74, 6) is 1.18. The van der Waals surface area contributed by atoms with Gasteiger partial charge in [0.2, 0.25) is 11.8 Å². The van der Waals surface area contributed by atoms with Gasteiger partial charge in [0.05, 0.1) is 7.11 Å². The topological polar surface area (TPSA) is 91.9 Å². The van der Waals surface area contributed by atoms with Gasteiger partial charge in [0, 0.05) is 37.7 Å². The molecule has 3 heterocycles. The average Bonchev–Trinajstić information content (AvgIpc) is 3.30. The van der Waals surface area contributed by atoms with E-state index in [1.807, 2.05) is 41.3 Å². The number of nitrogens with zero attached hydrogens (tertiary/aromatic N) is 1. The zero-order valence-electron chi connectivity index (χ0n) is 21.6. The second-order valence-electron chi connectivity index (χ2n) is 10.1. The van der Waals surface area contributed by atoms with Gasteiger partial charge in [-0.05, 0) is 80.7 Å². The van der Waals surface area contributed by atoms with Crippen LogP contribution in [0.15, 0.2) is 42.5 Å². The molecule has 5 rings (SSSR count). The zero-order chi connectivity index (χ0) is 25.6. The summed E-state index contributed by atoms with van der Waals surface area (Å²) in [5, 5.41) is 10.2. The Morgan fingerprint density at radius 3 is 2.51 bits per heavy atom. The van der Waals surface area contributed by atoms with E-state index in [9.17, 15) is 9.59 Å². The number of benzene rings is 2. The van der Waals surface area contributed by atoms with Gasteiger partial charge in [0.1, 0.15) is 23.5 Å². The van der Waals surface area contributed by atoms with Crippen LogP contribution in [0.5, 0.6) is 11.5 Å². The molecular formula is C29H38N4O4. The van der Waals surface area contributed by atoms with Gasteiger partial charge in [-0.2, -0.15) is 0 Å². The molecule has 0 radical (unpaired) electrons. The van der Waals surface area contributed by atoms with Crippen molar-refractivity contribution in [1.82, 2.24) is 20.9 Å². The molecule has 8 nitrogen and oxygen atoms in total. The maximum Gasteiger partial charge on any atom is 0.234 e. The summed E-state index contributed by atoms with van der Waals surface area (Å²) in [5.41, 5.74) is 2.87. The Hall–Kier alpha value is -3.10. The van der Waals surface area contributed by atoms with Crippen LogP contribution in [0.4, 0.5) is 0 Å². The Balaban J connectivity index is 1.57. The minimum Gasteiger partial charge on any atom is -0.497 e. The van der Waals surface area contributed by atoms with Crippen molar-refractivity contribution < 1.29 is 19.1 Å². The van der Waals surface area contributed by atoms with Crippen molar-refractivity contribution in [2.45, 2.75) is 50.2 Å². The van der Waals surface area contributed by atoms with Gasteiger partial charge in [-0.25, -0.2) is 0 Å². The quantitative estimate of drug-likeness (QED) is 0.580. The van der Waals surface area contributed by atoms with E-state index < -0.39 is 12.0 Å². The third kappa shape index (κ3) is 5.91. The first kappa shape index (κ1) is 25.5. The van der Waals surface area contributed by atoms with E-state index in [1.165, 1.54) is 0 Å². The highest BCUT2D eigenvalue weighted by Gasteiger charge is 2.43. The number of methoxy groups -OCH3 is 1. The van der Waals surface area contributed by atoms with E-state index in [1.54, 1.807) is 7.11 Å². The summed E-state index contributed by atoms with van der Waals surface area (Å²) in [6.07, 6.45) is 3.59. The highest BCUT2D eigenvalue weighted by atomic mass is 16.5. The minimum absolute atomic E-state index is 0.0291. The molecule has 0 aliphatic carbocycles. The van der Waals surface area contributed by atoms with Gasteiger partial charge in [-0.3, -0.25) is 9.59 Å². The van der Waals surface area contributed by atoms with Crippen molar-refractivity contribution in [1.29, 1.82) is 0 Å². The monoisotopic (exact) mass is 506 g/mol. The van der Waals surface area contributed by atoms with Crippen molar-refractivity contribution in [3.63, 3.8) is 0 Å². The lowest BCUT2D eigenvalue weighted by atomic mass is 9.87. The van der Waals surface area contributed by atoms with Crippen LogP contribution in [0.2, 0.25) is 0 Å². The Kier molecular flexibility index (Phi) is 8.26. The van der Waals surface area contributed by atoms with Gasteiger partial charge < -0.3 is 30.3 Å². The van der Waals surface area contributed by atoms with E-state index in [0.717, 1.165) is 73.5 Å². The molecule has 3 atom stereocenters. The Labute approximate surface area is 219 Å². The summed E-state index contributed by atoms with van der Waals surface area (Å²) in [4.78, 5) is 29.1. The molecule has 3 aliphatic heterocycles. The highest BCUT2D eigenvalue weighted by molar-refractivity contribution is 5.87. The predicted molar refractivity (Wildman–Crippen MR) is 142 cm³/mol. The van der Waals surface area contributed by atoms with Crippen LogP contribution < -0.4 is 25.4 Å². The van der Waals surface area contributed by atoms with Crippen LogP contribution in [0.3, 0.4) is 0 Å². The fourth-order valence-electron chi connectivity index (χ4n) is 5.58. The average molecular weight is 507 g/mol. The number of carbonyl (C=O) groups excluding carboxylic acids is 2. The lowest BCUT2D eigenvalue weighted by molar-refractivity contribution is -0.134. The molecule has 0 fully saturated rings. The van der Waals surface area contributed by atoms with Crippen molar-refractivity contribution in [3.8, 4) is 11.5 Å². The maximum absolute atomic E-state index is 14.3. The van der Waals surface area contributed by atoms with E-state index in [2.05, 4.69) is 22.0 Å². The van der Waals surface area contributed by atoms with Crippen molar-refractivity contribution in [2.24, 2.45) is 0 Å². The molecule has 37 heavy (non-hydrogen) atoms. The van der Waals surface area contributed by atoms with Crippen LogP contribution >= 0.6 is 0 Å². The van der Waals surface area contributed by atoms with E-state index in [0.29, 0.717) is 26.1 Å². The fraction of sp³-hybridized carbons (Fsp3) is 0.517. The molecule has 2 aromatic carbocycles. The van der Waals surface area contributed by atoms with Gasteiger partial charge in [0.15, 0.2) is 0 Å². The molecule has 8 heteroatoms. The Morgan fingerprint density at radius 2 is 1.68 bits per heavy atom. The number of amides is 2. The molecular weight excluding hydrogens is 468 g/mol. The summed E-state index contributed by atoms with van der Waals surface area (Å²) >= 11 is 0. The molecule has 3 aliphatic rings. The number of rotatable bonds is 2. The van der Waals surface area contributed by atoms with E-state index >= 15 is 0 Å².